The number of rotatable bonds is 1. The molecular weight excluding hydrogens is 414 g/mol. The predicted molar refractivity (Wildman–Crippen MR) is 125 cm³/mol. The van der Waals surface area contributed by atoms with E-state index in [1.807, 2.05) is 37.6 Å². The lowest BCUT2D eigenvalue weighted by Gasteiger charge is -2.22. The fourth-order valence-corrected chi connectivity index (χ4v) is 4.37. The summed E-state index contributed by atoms with van der Waals surface area (Å²) in [4.78, 5) is 4.39. The van der Waals surface area contributed by atoms with Gasteiger partial charge in [0.25, 0.3) is 0 Å². The van der Waals surface area contributed by atoms with Gasteiger partial charge in [-0.25, -0.2) is 9.67 Å². The molecule has 3 aromatic heterocycles. The molecule has 1 aliphatic rings. The Kier molecular flexibility index (Phi) is 4.90. The van der Waals surface area contributed by atoms with Gasteiger partial charge < -0.3 is 10.5 Å². The van der Waals surface area contributed by atoms with Gasteiger partial charge in [0.05, 0.1) is 17.1 Å². The molecule has 166 valence electrons. The molecule has 5 rings (SSSR count). The number of fused-ring (bicyclic) bond motifs is 7. The van der Waals surface area contributed by atoms with E-state index in [2.05, 4.69) is 41.3 Å². The van der Waals surface area contributed by atoms with E-state index in [0.717, 1.165) is 39.3 Å². The van der Waals surface area contributed by atoms with Crippen molar-refractivity contribution >= 4 is 5.82 Å². The Morgan fingerprint density at radius 2 is 2.06 bits per heavy atom. The SMILES string of the molecule is Cc1ccc2c(c1)C(C)Oc1cc(cnc1N)-c1c(nn(C(C)C)c1C#N)Cc1ccnn1-2. The van der Waals surface area contributed by atoms with Crippen LogP contribution in [0.3, 0.4) is 0 Å². The number of nitrogens with zero attached hydrogens (tertiary/aromatic N) is 6. The monoisotopic (exact) mass is 439 g/mol. The van der Waals surface area contributed by atoms with Gasteiger partial charge >= 0.3 is 0 Å². The molecule has 4 heterocycles. The van der Waals surface area contributed by atoms with Crippen molar-refractivity contribution in [3.8, 4) is 28.6 Å². The summed E-state index contributed by atoms with van der Waals surface area (Å²) in [6.07, 6.45) is 3.67. The normalized spacial score (nSPS) is 14.8. The number of hydrogen-bond acceptors (Lipinski definition) is 6. The zero-order valence-electron chi connectivity index (χ0n) is 19.1. The van der Waals surface area contributed by atoms with E-state index in [1.165, 1.54) is 0 Å². The molecule has 2 N–H and O–H groups in total. The zero-order valence-corrected chi connectivity index (χ0v) is 19.1. The average Bonchev–Trinajstić information content (AvgIpc) is 3.39. The van der Waals surface area contributed by atoms with E-state index in [1.54, 1.807) is 17.1 Å². The van der Waals surface area contributed by atoms with Gasteiger partial charge in [-0.1, -0.05) is 17.7 Å². The van der Waals surface area contributed by atoms with Gasteiger partial charge in [0.15, 0.2) is 11.6 Å². The molecule has 8 heteroatoms. The molecule has 0 saturated carbocycles. The summed E-state index contributed by atoms with van der Waals surface area (Å²) in [5, 5.41) is 19.5. The molecule has 1 unspecified atom stereocenters. The van der Waals surface area contributed by atoms with Gasteiger partial charge in [0.1, 0.15) is 17.9 Å². The number of benzene rings is 1. The third kappa shape index (κ3) is 3.42. The van der Waals surface area contributed by atoms with Crippen molar-refractivity contribution in [3.63, 3.8) is 0 Å². The predicted octanol–water partition coefficient (Wildman–Crippen LogP) is 4.52. The average molecular weight is 440 g/mol. The number of ether oxygens (including phenoxy) is 1. The first kappa shape index (κ1) is 20.8. The van der Waals surface area contributed by atoms with Crippen LogP contribution in [0.5, 0.6) is 5.75 Å². The van der Waals surface area contributed by atoms with Crippen LogP contribution in [-0.2, 0) is 6.42 Å². The Morgan fingerprint density at radius 1 is 1.24 bits per heavy atom. The van der Waals surface area contributed by atoms with E-state index >= 15 is 0 Å². The number of nitrogens with two attached hydrogens (primary N) is 1. The van der Waals surface area contributed by atoms with Gasteiger partial charge in [-0.2, -0.15) is 15.5 Å². The summed E-state index contributed by atoms with van der Waals surface area (Å²) in [6.45, 7) is 8.06. The van der Waals surface area contributed by atoms with Crippen molar-refractivity contribution in [2.45, 2.75) is 46.3 Å². The van der Waals surface area contributed by atoms with Crippen LogP contribution in [-0.4, -0.2) is 24.5 Å². The van der Waals surface area contributed by atoms with E-state index in [0.29, 0.717) is 23.7 Å². The number of anilines is 1. The molecule has 1 aliphatic heterocycles. The summed E-state index contributed by atoms with van der Waals surface area (Å²) in [5.74, 6) is 0.772. The minimum Gasteiger partial charge on any atom is -0.482 e. The maximum absolute atomic E-state index is 10.0. The Labute approximate surface area is 192 Å². The summed E-state index contributed by atoms with van der Waals surface area (Å²) < 4.78 is 10.0. The smallest absolute Gasteiger partial charge is 0.166 e. The lowest BCUT2D eigenvalue weighted by atomic mass is 10.0. The molecular formula is C25H25N7O. The van der Waals surface area contributed by atoms with Gasteiger partial charge in [0.2, 0.25) is 0 Å². The van der Waals surface area contributed by atoms with Gasteiger partial charge in [-0.05, 0) is 45.9 Å². The van der Waals surface area contributed by atoms with Crippen molar-refractivity contribution in [2.75, 3.05) is 5.73 Å². The molecule has 0 aliphatic carbocycles. The Morgan fingerprint density at radius 3 is 2.82 bits per heavy atom. The first-order valence-electron chi connectivity index (χ1n) is 10.9. The summed E-state index contributed by atoms with van der Waals surface area (Å²) in [5.41, 5.74) is 13.0. The number of pyridine rings is 1. The maximum Gasteiger partial charge on any atom is 0.166 e. The summed E-state index contributed by atoms with van der Waals surface area (Å²) in [6, 6.07) is 12.4. The highest BCUT2D eigenvalue weighted by Crippen LogP contribution is 2.37. The lowest BCUT2D eigenvalue weighted by molar-refractivity contribution is 0.227. The molecule has 2 bridgehead atoms. The minimum atomic E-state index is -0.302. The van der Waals surface area contributed by atoms with E-state index < -0.39 is 0 Å². The maximum atomic E-state index is 10.0. The zero-order chi connectivity index (χ0) is 23.3. The van der Waals surface area contributed by atoms with Gasteiger partial charge in [-0.15, -0.1) is 0 Å². The second-order valence-corrected chi connectivity index (χ2v) is 8.66. The van der Waals surface area contributed by atoms with Crippen molar-refractivity contribution in [1.29, 1.82) is 5.26 Å². The molecule has 0 radical (unpaired) electrons. The lowest BCUT2D eigenvalue weighted by Crippen LogP contribution is -2.13. The minimum absolute atomic E-state index is 0.0222. The molecule has 0 saturated heterocycles. The highest BCUT2D eigenvalue weighted by molar-refractivity contribution is 5.74. The van der Waals surface area contributed by atoms with Gasteiger partial charge in [-0.3, -0.25) is 4.68 Å². The van der Waals surface area contributed by atoms with Crippen LogP contribution < -0.4 is 10.5 Å². The Bertz CT molecular complexity index is 1410. The van der Waals surface area contributed by atoms with Crippen molar-refractivity contribution in [1.82, 2.24) is 24.5 Å². The number of nitriles is 1. The number of aromatic nitrogens is 5. The summed E-state index contributed by atoms with van der Waals surface area (Å²) >= 11 is 0. The molecule has 4 aromatic rings. The molecule has 1 aromatic carbocycles. The number of hydrogen-bond donors (Lipinski definition) is 1. The van der Waals surface area contributed by atoms with Gasteiger partial charge in [0, 0.05) is 41.5 Å². The second-order valence-electron chi connectivity index (χ2n) is 8.66. The van der Waals surface area contributed by atoms with Crippen LogP contribution in [0.1, 0.15) is 61.1 Å². The van der Waals surface area contributed by atoms with Crippen molar-refractivity contribution in [2.24, 2.45) is 0 Å². The first-order valence-corrected chi connectivity index (χ1v) is 10.9. The third-order valence-corrected chi connectivity index (χ3v) is 5.97. The van der Waals surface area contributed by atoms with Crippen LogP contribution in [0.2, 0.25) is 0 Å². The van der Waals surface area contributed by atoms with Crippen LogP contribution in [0.4, 0.5) is 5.82 Å². The Balaban J connectivity index is 1.83. The fraction of sp³-hybridized carbons (Fsp3) is 0.280. The van der Waals surface area contributed by atoms with E-state index in [4.69, 9.17) is 15.6 Å². The third-order valence-electron chi connectivity index (χ3n) is 5.97. The van der Waals surface area contributed by atoms with Crippen molar-refractivity contribution in [3.05, 3.63) is 70.9 Å². The highest BCUT2D eigenvalue weighted by Gasteiger charge is 2.26. The van der Waals surface area contributed by atoms with Crippen LogP contribution in [0.15, 0.2) is 42.7 Å². The number of aryl methyl sites for hydroxylation is 1. The fourth-order valence-electron chi connectivity index (χ4n) is 4.37. The second kappa shape index (κ2) is 7.78. The molecule has 1 atom stereocenters. The highest BCUT2D eigenvalue weighted by atomic mass is 16.5. The van der Waals surface area contributed by atoms with E-state index in [-0.39, 0.29) is 12.1 Å². The van der Waals surface area contributed by atoms with Crippen LogP contribution in [0.25, 0.3) is 16.8 Å². The molecule has 8 nitrogen and oxygen atoms in total. The summed E-state index contributed by atoms with van der Waals surface area (Å²) in [7, 11) is 0. The van der Waals surface area contributed by atoms with Crippen LogP contribution >= 0.6 is 0 Å². The quantitative estimate of drug-likeness (QED) is 0.467. The first-order chi connectivity index (χ1) is 15.9. The molecule has 0 spiro atoms. The largest absolute Gasteiger partial charge is 0.482 e. The molecule has 0 amide bonds. The van der Waals surface area contributed by atoms with E-state index in [9.17, 15) is 5.26 Å². The number of nitrogen functional groups attached to an aromatic ring is 1. The van der Waals surface area contributed by atoms with Crippen LogP contribution in [0, 0.1) is 18.3 Å². The Hall–Kier alpha value is -4.12. The topological polar surface area (TPSA) is 108 Å². The van der Waals surface area contributed by atoms with Crippen molar-refractivity contribution < 1.29 is 4.74 Å². The molecule has 0 fully saturated rings. The standard InChI is InChI=1S/C25H25N7O/c1-14(2)31-22(12-26)24-17-10-23(25(27)28-13-17)33-16(4)19-9-15(3)5-6-21(19)32-18(7-8-29-32)11-20(24)30-31/h5-10,13-14,16H,11H2,1-4H3,(H2,27,28). The molecule has 33 heavy (non-hydrogen) atoms.